The minimum absolute atomic E-state index is 0. The Hall–Kier alpha value is 0.180. The van der Waals surface area contributed by atoms with Gasteiger partial charge < -0.3 is 71.4 Å². The molecular formula is C56H82Na2O21S2. The van der Waals surface area contributed by atoms with Gasteiger partial charge in [0.2, 0.25) is 20.8 Å². The second-order valence-corrected chi connectivity index (χ2v) is 27.9. The van der Waals surface area contributed by atoms with E-state index in [1.165, 1.54) is 0 Å². The van der Waals surface area contributed by atoms with E-state index in [2.05, 4.69) is 44.7 Å². The van der Waals surface area contributed by atoms with Crippen LogP contribution in [0.25, 0.3) is 0 Å². The van der Waals surface area contributed by atoms with E-state index in [4.69, 9.17) is 56.3 Å². The predicted octanol–water partition coefficient (Wildman–Crippen LogP) is -1.23. The molecule has 25 heteroatoms. The normalized spacial score (nSPS) is 49.3. The zero-order valence-corrected chi connectivity index (χ0v) is 53.9. The van der Waals surface area contributed by atoms with Gasteiger partial charge in [-0.3, -0.25) is 8.37 Å². The number of hydrogen-bond donors (Lipinski definition) is 2. The van der Waals surface area contributed by atoms with Crippen LogP contribution in [-0.4, -0.2) is 193 Å². The van der Waals surface area contributed by atoms with Gasteiger partial charge in [0, 0.05) is 44.9 Å². The molecule has 11 rings (SSSR count). The maximum absolute atomic E-state index is 12.3. The Morgan fingerprint density at radius 2 is 1.26 bits per heavy atom. The summed E-state index contributed by atoms with van der Waals surface area (Å²) in [5, 5.41) is 24.0. The first kappa shape index (κ1) is 65.6. The summed E-state index contributed by atoms with van der Waals surface area (Å²) in [5.74, 6) is 0.0649. The Labute approximate surface area is 522 Å². The van der Waals surface area contributed by atoms with Crippen LogP contribution >= 0.6 is 0 Å². The molecule has 0 radical (unpaired) electrons. The monoisotopic (exact) mass is 1200 g/mol. The molecule has 446 valence electrons. The van der Waals surface area contributed by atoms with Gasteiger partial charge in [0.25, 0.3) is 0 Å². The number of rotatable bonds is 12. The number of hydrogen-bond acceptors (Lipinski definition) is 21. The van der Waals surface area contributed by atoms with Gasteiger partial charge in [0.05, 0.1) is 121 Å². The number of fused-ring (bicyclic) bond motifs is 10. The van der Waals surface area contributed by atoms with E-state index in [0.717, 1.165) is 18.4 Å². The van der Waals surface area contributed by atoms with E-state index >= 15 is 0 Å². The van der Waals surface area contributed by atoms with Crippen LogP contribution in [0.15, 0.2) is 49.1 Å². The molecule has 11 saturated heterocycles. The van der Waals surface area contributed by atoms with Crippen LogP contribution in [0.1, 0.15) is 138 Å². The molecule has 26 atom stereocenters. The molecule has 0 aromatic carbocycles. The van der Waals surface area contributed by atoms with Crippen molar-refractivity contribution in [1.82, 2.24) is 0 Å². The molecule has 0 bridgehead atoms. The third-order valence-corrected chi connectivity index (χ3v) is 20.8. The van der Waals surface area contributed by atoms with Crippen molar-refractivity contribution in [2.75, 3.05) is 6.61 Å². The largest absolute Gasteiger partial charge is 1.00 e. The van der Waals surface area contributed by atoms with Crippen molar-refractivity contribution in [3.63, 3.8) is 0 Å². The second kappa shape index (κ2) is 24.5. The minimum atomic E-state index is -5.17. The van der Waals surface area contributed by atoms with Crippen molar-refractivity contribution >= 4 is 20.8 Å². The summed E-state index contributed by atoms with van der Waals surface area (Å²) in [5.41, 5.74) is -3.62. The van der Waals surface area contributed by atoms with Crippen molar-refractivity contribution in [1.29, 1.82) is 0 Å². The SMILES string of the molecule is C=CCC(=C)/C=C/[C@@](C)(O)[C@@H]1O[C@@H]2C[C@@H]3O[C@@H]4C[C@@H]5O[C@@H]6C[C@@H]7O[C@@H]8C[C@@H]9O[C@@H]%10C[C@@H]%11O[C@](C)(CCCOS(=O)(=O)[O-])[C@@H](OS(=O)(=O)[O-])C[C@H]%11O[C@H]%10C[C@H]9O[C@H]8CC[C@@]7(C)O[C@@]6(C)CC[C@H](C)[C@H]5O[C@H]4[C@@H](O)[C@@]3(C)O[C@H]2CC1=C.[Na+].[Na+]. The van der Waals surface area contributed by atoms with Crippen molar-refractivity contribution in [3.8, 4) is 0 Å². The van der Waals surface area contributed by atoms with E-state index in [9.17, 15) is 36.2 Å². The van der Waals surface area contributed by atoms with E-state index in [1.807, 2.05) is 6.92 Å². The van der Waals surface area contributed by atoms with Crippen LogP contribution < -0.4 is 59.1 Å². The Bertz CT molecular complexity index is 2580. The minimum Gasteiger partial charge on any atom is -0.726 e. The van der Waals surface area contributed by atoms with Gasteiger partial charge in [-0.05, 0) is 97.5 Å². The van der Waals surface area contributed by atoms with E-state index in [-0.39, 0.29) is 133 Å². The van der Waals surface area contributed by atoms with Crippen LogP contribution in [0, 0.1) is 5.92 Å². The van der Waals surface area contributed by atoms with Gasteiger partial charge in [-0.2, -0.15) is 0 Å². The molecule has 21 nitrogen and oxygen atoms in total. The first-order valence-corrected chi connectivity index (χ1v) is 31.3. The van der Waals surface area contributed by atoms with Crippen LogP contribution in [0.3, 0.4) is 0 Å². The average Bonchev–Trinajstić information content (AvgIpc) is 3.58. The third-order valence-electron chi connectivity index (χ3n) is 19.8. The van der Waals surface area contributed by atoms with Gasteiger partial charge in [-0.1, -0.05) is 43.9 Å². The summed E-state index contributed by atoms with van der Waals surface area (Å²) in [6.07, 6.45) is 2.04. The van der Waals surface area contributed by atoms with E-state index in [0.29, 0.717) is 69.8 Å². The molecule has 11 aliphatic rings. The second-order valence-electron chi connectivity index (χ2n) is 25.8. The summed E-state index contributed by atoms with van der Waals surface area (Å²) >= 11 is 0. The van der Waals surface area contributed by atoms with Gasteiger partial charge in [0.1, 0.15) is 35.6 Å². The third kappa shape index (κ3) is 13.4. The molecule has 11 heterocycles. The zero-order valence-electron chi connectivity index (χ0n) is 48.3. The molecule has 11 aliphatic heterocycles. The molecule has 81 heavy (non-hydrogen) atoms. The molecule has 0 saturated carbocycles. The Balaban J connectivity index is 0.00000396. The van der Waals surface area contributed by atoms with Crippen molar-refractivity contribution in [2.45, 2.75) is 288 Å². The fourth-order valence-electron chi connectivity index (χ4n) is 15.5. The number of aliphatic hydroxyl groups is 2. The molecule has 0 aromatic rings. The number of allylic oxidation sites excluding steroid dienone is 3. The van der Waals surface area contributed by atoms with Gasteiger partial charge in [-0.25, -0.2) is 16.8 Å². The van der Waals surface area contributed by atoms with Gasteiger partial charge >= 0.3 is 59.1 Å². The molecule has 0 aliphatic carbocycles. The average molecular weight is 1200 g/mol. The molecular weight excluding hydrogens is 1120 g/mol. The summed E-state index contributed by atoms with van der Waals surface area (Å²) in [6.45, 7) is 23.3. The molecule has 2 N–H and O–H groups in total. The fourth-order valence-corrected chi connectivity index (χ4v) is 16.4. The van der Waals surface area contributed by atoms with Crippen molar-refractivity contribution in [2.24, 2.45) is 5.92 Å². The van der Waals surface area contributed by atoms with Crippen LogP contribution in [0.5, 0.6) is 0 Å². The maximum atomic E-state index is 12.3. The Morgan fingerprint density at radius 1 is 0.704 bits per heavy atom. The van der Waals surface area contributed by atoms with Gasteiger partial charge in [-0.15, -0.1) is 6.58 Å². The standard InChI is InChI=1S/C56H84O21S2.2Na/c1-10-12-29(2)13-17-52(5,58)51-31(4)21-40-39(72-51)27-47-56(9,75-40)50(57)49-43(71-47)25-42-48(73-49)30(3)14-18-54(7)45(70-42)28-44-55(8,77-54)19-15-32-33(69-44)22-35-34(66-32)23-36-37(67-35)24-41-38(68-36)26-46(76-79(62,63)64)53(6,74-41)16-11-20-65-78(59,60)61;;/h10,13,17,30,32-51,57-58H,1-2,4,11-12,14-16,18-28H2,3,5-9H3,(H,59,60,61)(H,62,63,64);;/q;2*+1/p-2/b17-13+;;/t30-,32-,33+,34+,35-,36-,37+,38+,39+,40-,41-,42-,43+,44-,45+,46-,47-,48+,49+,50+,51+,52+,53+,54-,55+,56-;;/m0../s1. The van der Waals surface area contributed by atoms with E-state index in [1.54, 1.807) is 32.1 Å². The summed E-state index contributed by atoms with van der Waals surface area (Å²) in [7, 11) is -10.1. The zero-order chi connectivity index (χ0) is 56.4. The van der Waals surface area contributed by atoms with Crippen LogP contribution in [-0.2, 0) is 81.3 Å². The van der Waals surface area contributed by atoms with Gasteiger partial charge in [0.15, 0.2) is 0 Å². The summed E-state index contributed by atoms with van der Waals surface area (Å²) in [6, 6.07) is 0. The maximum Gasteiger partial charge on any atom is 1.00 e. The van der Waals surface area contributed by atoms with Crippen LogP contribution in [0.4, 0.5) is 0 Å². The van der Waals surface area contributed by atoms with Crippen molar-refractivity contribution < 1.29 is 156 Å². The number of ether oxygens (including phenoxy) is 11. The smallest absolute Gasteiger partial charge is 0.726 e. The molecule has 0 unspecified atom stereocenters. The quantitative estimate of drug-likeness (QED) is 0.0578. The molecule has 0 aromatic heterocycles. The van der Waals surface area contributed by atoms with Crippen molar-refractivity contribution in [3.05, 3.63) is 49.1 Å². The number of aliphatic hydroxyl groups excluding tert-OH is 1. The predicted molar refractivity (Wildman–Crippen MR) is 277 cm³/mol. The first-order valence-electron chi connectivity index (χ1n) is 28.6. The molecule has 0 spiro atoms. The summed E-state index contributed by atoms with van der Waals surface area (Å²) in [4.78, 5) is 0. The molecule has 0 amide bonds. The van der Waals surface area contributed by atoms with E-state index < -0.39 is 129 Å². The summed E-state index contributed by atoms with van der Waals surface area (Å²) < 4.78 is 154. The topological polar surface area (TPSA) is 275 Å². The Kier molecular flexibility index (Phi) is 19.9. The van der Waals surface area contributed by atoms with Crippen LogP contribution in [0.2, 0.25) is 0 Å². The Morgan fingerprint density at radius 3 is 1.90 bits per heavy atom. The molecule has 11 fully saturated rings. The fraction of sp³-hybridized carbons (Fsp3) is 0.857. The first-order chi connectivity index (χ1) is 37.0.